The van der Waals surface area contributed by atoms with E-state index in [2.05, 4.69) is 21.1 Å². The van der Waals surface area contributed by atoms with Gasteiger partial charge in [0.05, 0.1) is 40.3 Å². The Labute approximate surface area is 237 Å². The summed E-state index contributed by atoms with van der Waals surface area (Å²) in [6.45, 7) is 0.00377. The molecule has 40 heavy (non-hydrogen) atoms. The van der Waals surface area contributed by atoms with Gasteiger partial charge in [0.2, 0.25) is 26.0 Å². The van der Waals surface area contributed by atoms with Crippen LogP contribution in [-0.4, -0.2) is 49.6 Å². The largest absolute Gasteiger partial charge is 0.324 e. The Morgan fingerprint density at radius 1 is 1.12 bits per heavy atom. The van der Waals surface area contributed by atoms with Crippen molar-refractivity contribution in [1.29, 1.82) is 5.26 Å². The van der Waals surface area contributed by atoms with Crippen molar-refractivity contribution < 1.29 is 21.6 Å². The second kappa shape index (κ2) is 9.69. The van der Waals surface area contributed by atoms with E-state index in [1.54, 1.807) is 42.6 Å². The number of sulfonamides is 2. The molecule has 2 N–H and O–H groups in total. The van der Waals surface area contributed by atoms with Crippen LogP contribution in [-0.2, 0) is 31.4 Å². The van der Waals surface area contributed by atoms with Gasteiger partial charge < -0.3 is 5.32 Å². The van der Waals surface area contributed by atoms with Gasteiger partial charge in [-0.05, 0) is 61.1 Å². The smallest absolute Gasteiger partial charge is 0.235 e. The van der Waals surface area contributed by atoms with Crippen LogP contribution in [0.5, 0.6) is 0 Å². The summed E-state index contributed by atoms with van der Waals surface area (Å²) < 4.78 is 55.2. The van der Waals surface area contributed by atoms with Gasteiger partial charge in [0.15, 0.2) is 0 Å². The van der Waals surface area contributed by atoms with Gasteiger partial charge in [-0.25, -0.2) is 16.8 Å². The summed E-state index contributed by atoms with van der Waals surface area (Å²) in [4.78, 5) is 17.9. The number of hydrogen-bond acceptors (Lipinski definition) is 7. The molecule has 1 unspecified atom stereocenters. The lowest BCUT2D eigenvalue weighted by Crippen LogP contribution is -2.44. The van der Waals surface area contributed by atoms with Crippen LogP contribution in [0, 0.1) is 16.7 Å². The van der Waals surface area contributed by atoms with Gasteiger partial charge in [-0.3, -0.25) is 14.5 Å². The van der Waals surface area contributed by atoms with E-state index in [0.717, 1.165) is 0 Å². The normalized spacial score (nSPS) is 20.4. The first-order chi connectivity index (χ1) is 19.0. The first-order valence-electron chi connectivity index (χ1n) is 12.9. The molecule has 2 aliphatic carbocycles. The van der Waals surface area contributed by atoms with Gasteiger partial charge in [-0.2, -0.15) is 9.57 Å². The monoisotopic (exact) mass is 599 g/mol. The number of carbonyl (C=O) groups excluding carboxylic acids is 1. The van der Waals surface area contributed by atoms with Crippen molar-refractivity contribution in [2.45, 2.75) is 43.4 Å². The summed E-state index contributed by atoms with van der Waals surface area (Å²) in [7, 11) is -7.24. The number of nitriles is 1. The molecule has 3 aromatic rings. The highest BCUT2D eigenvalue weighted by Gasteiger charge is 2.49. The number of rotatable bonds is 8. The lowest BCUT2D eigenvalue weighted by molar-refractivity contribution is -0.118. The number of benzene rings is 2. The number of aromatic nitrogens is 1. The van der Waals surface area contributed by atoms with E-state index in [1.165, 1.54) is 10.5 Å². The Bertz CT molecular complexity index is 1800. The Balaban J connectivity index is 1.28. The van der Waals surface area contributed by atoms with Crippen LogP contribution in [0.25, 0.3) is 10.8 Å². The number of anilines is 2. The third-order valence-electron chi connectivity index (χ3n) is 7.72. The van der Waals surface area contributed by atoms with Gasteiger partial charge in [0.1, 0.15) is 0 Å². The number of halogens is 1. The van der Waals surface area contributed by atoms with Crippen molar-refractivity contribution in [3.8, 4) is 6.07 Å². The lowest BCUT2D eigenvalue weighted by Gasteiger charge is -2.34. The number of nitrogens with one attached hydrogen (secondary N) is 2. The molecule has 2 saturated carbocycles. The minimum Gasteiger partial charge on any atom is -0.324 e. The fraction of sp³-hybridized carbons (Fsp3) is 0.370. The molecular weight excluding hydrogens is 574 g/mol. The number of carbonyl (C=O) groups is 1. The van der Waals surface area contributed by atoms with Crippen molar-refractivity contribution in [2.24, 2.45) is 5.41 Å². The number of nitrogens with zero attached hydrogens (tertiary/aromatic N) is 3. The molecule has 1 atom stereocenters. The average Bonchev–Trinajstić information content (AvgIpc) is 3.83. The molecule has 208 valence electrons. The van der Waals surface area contributed by atoms with Gasteiger partial charge in [-0.1, -0.05) is 23.7 Å². The van der Waals surface area contributed by atoms with Gasteiger partial charge in [-0.15, -0.1) is 0 Å². The Kier molecular flexibility index (Phi) is 6.53. The topological polar surface area (TPSA) is 149 Å². The minimum absolute atomic E-state index is 0.0890. The van der Waals surface area contributed by atoms with Crippen molar-refractivity contribution in [3.05, 3.63) is 64.9 Å². The number of fused-ring (bicyclic) bond motifs is 2. The standard InChI is InChI=1S/C27H26ClN5O5S2/c28-19-2-1-17-13-33(39(35,36)16-27(15-29)7-8-27)14-24(23(17)10-19)26(34)31-25-12-30-11-18-9-20(3-6-22(18)25)32-40(37,38)21-4-5-21/h1-3,6,9-12,21,24,32H,4-5,7-8,13-14,16H2,(H,31,34). The highest BCUT2D eigenvalue weighted by atomic mass is 35.5. The predicted molar refractivity (Wildman–Crippen MR) is 152 cm³/mol. The number of hydrogen-bond donors (Lipinski definition) is 2. The Morgan fingerprint density at radius 2 is 1.90 bits per heavy atom. The molecule has 0 bridgehead atoms. The fourth-order valence-electron chi connectivity index (χ4n) is 5.09. The zero-order valence-electron chi connectivity index (χ0n) is 21.3. The van der Waals surface area contributed by atoms with E-state index in [-0.39, 0.29) is 24.1 Å². The SMILES string of the molecule is N#CC1(CS(=O)(=O)N2Cc3ccc(Cl)cc3C(C(=O)Nc3cncc4cc(NS(=O)(=O)C5CC5)ccc34)C2)CC1. The maximum atomic E-state index is 13.7. The zero-order valence-corrected chi connectivity index (χ0v) is 23.7. The predicted octanol–water partition coefficient (Wildman–Crippen LogP) is 3.96. The van der Waals surface area contributed by atoms with Crippen molar-refractivity contribution in [3.63, 3.8) is 0 Å². The van der Waals surface area contributed by atoms with Crippen LogP contribution < -0.4 is 10.0 Å². The molecule has 2 fully saturated rings. The fourth-order valence-corrected chi connectivity index (χ4v) is 8.60. The van der Waals surface area contributed by atoms with Crippen LogP contribution in [0.2, 0.25) is 5.02 Å². The molecule has 0 spiro atoms. The van der Waals surface area contributed by atoms with Crippen LogP contribution in [0.1, 0.15) is 42.7 Å². The van der Waals surface area contributed by atoms with E-state index in [0.29, 0.717) is 64.0 Å². The summed E-state index contributed by atoms with van der Waals surface area (Å²) in [6.07, 6.45) is 5.46. The molecule has 0 radical (unpaired) electrons. The van der Waals surface area contributed by atoms with Crippen LogP contribution in [0.15, 0.2) is 48.8 Å². The number of amides is 1. The summed E-state index contributed by atoms with van der Waals surface area (Å²) in [6, 6.07) is 12.2. The Morgan fingerprint density at radius 3 is 2.60 bits per heavy atom. The third-order valence-corrected chi connectivity index (χ3v) is 11.8. The van der Waals surface area contributed by atoms with Gasteiger partial charge >= 0.3 is 0 Å². The van der Waals surface area contributed by atoms with Crippen molar-refractivity contribution >= 4 is 59.7 Å². The number of pyridine rings is 1. The molecule has 13 heteroatoms. The van der Waals surface area contributed by atoms with E-state index in [9.17, 15) is 26.9 Å². The summed E-state index contributed by atoms with van der Waals surface area (Å²) in [5.41, 5.74) is 1.28. The van der Waals surface area contributed by atoms with E-state index in [4.69, 9.17) is 11.6 Å². The summed E-state index contributed by atoms with van der Waals surface area (Å²) in [5, 5.41) is 13.7. The molecule has 0 saturated heterocycles. The minimum atomic E-state index is -3.81. The zero-order chi connectivity index (χ0) is 28.3. The molecule has 1 amide bonds. The maximum absolute atomic E-state index is 13.7. The van der Waals surface area contributed by atoms with Crippen LogP contribution in [0.3, 0.4) is 0 Å². The molecule has 6 rings (SSSR count). The molecule has 1 aromatic heterocycles. The third kappa shape index (κ3) is 5.26. The molecule has 3 aliphatic rings. The average molecular weight is 600 g/mol. The van der Waals surface area contributed by atoms with Crippen molar-refractivity contribution in [2.75, 3.05) is 22.3 Å². The van der Waals surface area contributed by atoms with Crippen LogP contribution >= 0.6 is 11.6 Å². The quantitative estimate of drug-likeness (QED) is 0.398. The lowest BCUT2D eigenvalue weighted by atomic mass is 9.90. The molecule has 2 aromatic carbocycles. The summed E-state index contributed by atoms with van der Waals surface area (Å²) >= 11 is 6.25. The Hall–Kier alpha value is -3.24. The highest BCUT2D eigenvalue weighted by Crippen LogP contribution is 2.47. The molecule has 10 nitrogen and oxygen atoms in total. The van der Waals surface area contributed by atoms with E-state index >= 15 is 0 Å². The molecule has 2 heterocycles. The van der Waals surface area contributed by atoms with E-state index < -0.39 is 37.3 Å². The summed E-state index contributed by atoms with van der Waals surface area (Å²) in [5.74, 6) is -1.56. The highest BCUT2D eigenvalue weighted by molar-refractivity contribution is 7.93. The van der Waals surface area contributed by atoms with Gasteiger partial charge in [0, 0.05) is 40.8 Å². The van der Waals surface area contributed by atoms with Crippen molar-refractivity contribution in [1.82, 2.24) is 9.29 Å². The van der Waals surface area contributed by atoms with Crippen LogP contribution in [0.4, 0.5) is 11.4 Å². The van der Waals surface area contributed by atoms with E-state index in [1.807, 2.05) is 0 Å². The maximum Gasteiger partial charge on any atom is 0.235 e. The molecule has 1 aliphatic heterocycles. The van der Waals surface area contributed by atoms with Gasteiger partial charge in [0.25, 0.3) is 0 Å². The second-order valence-corrected chi connectivity index (χ2v) is 15.2. The first-order valence-corrected chi connectivity index (χ1v) is 16.4. The molecular formula is C27H26ClN5O5S2. The second-order valence-electron chi connectivity index (χ2n) is 10.8. The first kappa shape index (κ1) is 27.0.